The van der Waals surface area contributed by atoms with E-state index in [1.807, 2.05) is 14.1 Å². The molecular weight excluding hydrogens is 264 g/mol. The summed E-state index contributed by atoms with van der Waals surface area (Å²) in [5, 5.41) is 3.40. The second kappa shape index (κ2) is 8.03. The monoisotopic (exact) mass is 292 g/mol. The van der Waals surface area contributed by atoms with E-state index in [0.717, 1.165) is 17.7 Å². The molecule has 0 bridgehead atoms. The van der Waals surface area contributed by atoms with Crippen molar-refractivity contribution in [1.82, 2.24) is 5.32 Å². The van der Waals surface area contributed by atoms with Gasteiger partial charge in [0.05, 0.1) is 7.11 Å². The molecule has 0 fully saturated rings. The van der Waals surface area contributed by atoms with E-state index in [2.05, 4.69) is 55.3 Å². The van der Waals surface area contributed by atoms with Gasteiger partial charge in [0.1, 0.15) is 6.04 Å². The number of anilines is 1. The molecule has 0 radical (unpaired) electrons. The van der Waals surface area contributed by atoms with Gasteiger partial charge in [-0.05, 0) is 30.5 Å². The number of nitrogens with zero attached hydrogens (tertiary/aromatic N) is 1. The molecule has 1 aromatic rings. The Kier molecular flexibility index (Phi) is 6.69. The van der Waals surface area contributed by atoms with Crippen LogP contribution in [0.15, 0.2) is 24.3 Å². The lowest BCUT2D eigenvalue weighted by Crippen LogP contribution is -2.43. The Morgan fingerprint density at radius 3 is 2.24 bits per heavy atom. The van der Waals surface area contributed by atoms with Crippen LogP contribution in [-0.4, -0.2) is 33.2 Å². The van der Waals surface area contributed by atoms with Crippen LogP contribution in [0.2, 0.25) is 0 Å². The molecule has 0 saturated carbocycles. The highest BCUT2D eigenvalue weighted by Crippen LogP contribution is 2.20. The molecule has 3 atom stereocenters. The topological polar surface area (TPSA) is 41.6 Å². The third-order valence-corrected chi connectivity index (χ3v) is 4.01. The number of esters is 1. The first kappa shape index (κ1) is 17.5. The molecule has 0 aliphatic carbocycles. The van der Waals surface area contributed by atoms with Crippen molar-refractivity contribution >= 4 is 11.7 Å². The summed E-state index contributed by atoms with van der Waals surface area (Å²) in [6.45, 7) is 6.22. The maximum atomic E-state index is 11.9. The summed E-state index contributed by atoms with van der Waals surface area (Å²) in [6, 6.07) is 8.19. The van der Waals surface area contributed by atoms with Gasteiger partial charge in [0.15, 0.2) is 0 Å². The van der Waals surface area contributed by atoms with E-state index in [-0.39, 0.29) is 24.0 Å². The lowest BCUT2D eigenvalue weighted by molar-refractivity contribution is -0.144. The number of carbonyl (C=O) groups excluding carboxylic acids is 1. The molecule has 0 spiro atoms. The molecule has 0 aliphatic heterocycles. The van der Waals surface area contributed by atoms with Crippen molar-refractivity contribution in [3.05, 3.63) is 29.8 Å². The minimum atomic E-state index is -0.275. The number of nitrogens with one attached hydrogen (secondary N) is 1. The molecular formula is C17H28N2O2. The van der Waals surface area contributed by atoms with Crippen LogP contribution in [0.1, 0.15) is 38.8 Å². The number of rotatable bonds is 7. The molecule has 4 nitrogen and oxygen atoms in total. The normalized spacial score (nSPS) is 15.1. The maximum Gasteiger partial charge on any atom is 0.323 e. The van der Waals surface area contributed by atoms with Crippen LogP contribution in [0.3, 0.4) is 0 Å². The number of hydrogen-bond acceptors (Lipinski definition) is 4. The Bertz CT molecular complexity index is 443. The third kappa shape index (κ3) is 4.74. The number of benzene rings is 1. The second-order valence-electron chi connectivity index (χ2n) is 5.76. The SMILES string of the molecule is CCC(C)C(NC(C)c1ccc(N(C)C)cc1)C(=O)OC. The number of methoxy groups -OCH3 is 1. The van der Waals surface area contributed by atoms with Crippen LogP contribution in [0.4, 0.5) is 5.69 Å². The van der Waals surface area contributed by atoms with Crippen LogP contribution in [-0.2, 0) is 9.53 Å². The molecule has 0 aliphatic rings. The first-order valence-electron chi connectivity index (χ1n) is 7.51. The highest BCUT2D eigenvalue weighted by atomic mass is 16.5. The summed E-state index contributed by atoms with van der Waals surface area (Å²) in [5.41, 5.74) is 2.33. The summed E-state index contributed by atoms with van der Waals surface area (Å²) in [6.07, 6.45) is 0.930. The minimum absolute atomic E-state index is 0.0966. The smallest absolute Gasteiger partial charge is 0.323 e. The molecule has 0 amide bonds. The molecule has 4 heteroatoms. The Labute approximate surface area is 128 Å². The van der Waals surface area contributed by atoms with Gasteiger partial charge in [-0.1, -0.05) is 32.4 Å². The van der Waals surface area contributed by atoms with Gasteiger partial charge in [0, 0.05) is 25.8 Å². The van der Waals surface area contributed by atoms with Crippen molar-refractivity contribution in [2.75, 3.05) is 26.1 Å². The standard InChI is InChI=1S/C17H28N2O2/c1-7-12(2)16(17(20)21-6)18-13(3)14-8-10-15(11-9-14)19(4)5/h8-13,16,18H,7H2,1-6H3. The predicted molar refractivity (Wildman–Crippen MR) is 87.6 cm³/mol. The van der Waals surface area contributed by atoms with Crippen molar-refractivity contribution in [3.63, 3.8) is 0 Å². The van der Waals surface area contributed by atoms with Gasteiger partial charge in [0.25, 0.3) is 0 Å². The molecule has 1 aromatic carbocycles. The average Bonchev–Trinajstić information content (AvgIpc) is 2.50. The fourth-order valence-electron chi connectivity index (χ4n) is 2.25. The molecule has 1 rings (SSSR count). The van der Waals surface area contributed by atoms with Crippen molar-refractivity contribution in [2.45, 2.75) is 39.3 Å². The summed E-state index contributed by atoms with van der Waals surface area (Å²) in [5.74, 6) is 0.0436. The van der Waals surface area contributed by atoms with Crippen LogP contribution < -0.4 is 10.2 Å². The molecule has 0 aromatic heterocycles. The first-order valence-corrected chi connectivity index (χ1v) is 7.51. The molecule has 3 unspecified atom stereocenters. The van der Waals surface area contributed by atoms with E-state index in [0.29, 0.717) is 0 Å². The van der Waals surface area contributed by atoms with E-state index in [4.69, 9.17) is 4.74 Å². The van der Waals surface area contributed by atoms with Gasteiger partial charge in [-0.3, -0.25) is 10.1 Å². The van der Waals surface area contributed by atoms with Crippen LogP contribution in [0.25, 0.3) is 0 Å². The largest absolute Gasteiger partial charge is 0.468 e. The fourth-order valence-corrected chi connectivity index (χ4v) is 2.25. The molecule has 21 heavy (non-hydrogen) atoms. The Balaban J connectivity index is 2.81. The molecule has 1 N–H and O–H groups in total. The minimum Gasteiger partial charge on any atom is -0.468 e. The zero-order chi connectivity index (χ0) is 16.0. The van der Waals surface area contributed by atoms with Gasteiger partial charge in [-0.15, -0.1) is 0 Å². The average molecular weight is 292 g/mol. The van der Waals surface area contributed by atoms with Gasteiger partial charge < -0.3 is 9.64 Å². The summed E-state index contributed by atoms with van der Waals surface area (Å²) in [4.78, 5) is 14.0. The Morgan fingerprint density at radius 2 is 1.81 bits per heavy atom. The Morgan fingerprint density at radius 1 is 1.24 bits per heavy atom. The zero-order valence-corrected chi connectivity index (χ0v) is 14.0. The van der Waals surface area contributed by atoms with E-state index >= 15 is 0 Å². The van der Waals surface area contributed by atoms with E-state index < -0.39 is 0 Å². The van der Waals surface area contributed by atoms with Crippen molar-refractivity contribution in [1.29, 1.82) is 0 Å². The summed E-state index contributed by atoms with van der Waals surface area (Å²) in [7, 11) is 5.48. The maximum absolute atomic E-state index is 11.9. The van der Waals surface area contributed by atoms with Crippen LogP contribution in [0.5, 0.6) is 0 Å². The number of hydrogen-bond donors (Lipinski definition) is 1. The zero-order valence-electron chi connectivity index (χ0n) is 14.0. The van der Waals surface area contributed by atoms with Gasteiger partial charge in [-0.2, -0.15) is 0 Å². The lowest BCUT2D eigenvalue weighted by atomic mass is 9.97. The molecule has 0 saturated heterocycles. The van der Waals surface area contributed by atoms with Crippen LogP contribution >= 0.6 is 0 Å². The van der Waals surface area contributed by atoms with Crippen LogP contribution in [0, 0.1) is 5.92 Å². The van der Waals surface area contributed by atoms with E-state index in [1.165, 1.54) is 7.11 Å². The quantitative estimate of drug-likeness (QED) is 0.785. The van der Waals surface area contributed by atoms with Gasteiger partial charge in [0.2, 0.25) is 0 Å². The van der Waals surface area contributed by atoms with Gasteiger partial charge >= 0.3 is 5.97 Å². The third-order valence-electron chi connectivity index (χ3n) is 4.01. The summed E-state index contributed by atoms with van der Waals surface area (Å²) >= 11 is 0. The fraction of sp³-hybridized carbons (Fsp3) is 0.588. The van der Waals surface area contributed by atoms with E-state index in [1.54, 1.807) is 0 Å². The van der Waals surface area contributed by atoms with Crippen molar-refractivity contribution < 1.29 is 9.53 Å². The molecule has 0 heterocycles. The lowest BCUT2D eigenvalue weighted by Gasteiger charge is -2.26. The molecule has 118 valence electrons. The van der Waals surface area contributed by atoms with Gasteiger partial charge in [-0.25, -0.2) is 0 Å². The Hall–Kier alpha value is -1.55. The predicted octanol–water partition coefficient (Wildman–Crippen LogP) is 2.99. The van der Waals surface area contributed by atoms with Crippen molar-refractivity contribution in [3.8, 4) is 0 Å². The second-order valence-corrected chi connectivity index (χ2v) is 5.76. The highest BCUT2D eigenvalue weighted by Gasteiger charge is 2.26. The number of ether oxygens (including phenoxy) is 1. The van der Waals surface area contributed by atoms with E-state index in [9.17, 15) is 4.79 Å². The van der Waals surface area contributed by atoms with Crippen molar-refractivity contribution in [2.24, 2.45) is 5.92 Å². The highest BCUT2D eigenvalue weighted by molar-refractivity contribution is 5.76. The number of carbonyl (C=O) groups is 1. The summed E-state index contributed by atoms with van der Waals surface area (Å²) < 4.78 is 4.91. The first-order chi connectivity index (χ1) is 9.90.